The Labute approximate surface area is 198 Å². The normalized spacial score (nSPS) is 11.1. The minimum Gasteiger partial charge on any atom is -0.326 e. The summed E-state index contributed by atoms with van der Waals surface area (Å²) in [4.78, 5) is 25.9. The second kappa shape index (κ2) is 9.35. The van der Waals surface area contributed by atoms with Gasteiger partial charge >= 0.3 is 0 Å². The molecule has 3 aromatic heterocycles. The van der Waals surface area contributed by atoms with Crippen LogP contribution in [0.1, 0.15) is 21.5 Å². The van der Waals surface area contributed by atoms with Crippen molar-refractivity contribution in [2.24, 2.45) is 5.73 Å². The number of para-hydroxylation sites is 1. The molecule has 0 saturated heterocycles. The van der Waals surface area contributed by atoms with Crippen molar-refractivity contribution in [2.45, 2.75) is 13.2 Å². The number of aromatic nitrogens is 5. The number of amides is 1. The number of halogens is 2. The topological polar surface area (TPSA) is 112 Å². The Hall–Kier alpha value is -4.57. The molecule has 1 amide bonds. The molecule has 0 atom stereocenters. The third-order valence-corrected chi connectivity index (χ3v) is 5.42. The number of anilines is 1. The second-order valence-corrected chi connectivity index (χ2v) is 7.66. The lowest BCUT2D eigenvalue weighted by Gasteiger charge is -2.12. The lowest BCUT2D eigenvalue weighted by atomic mass is 10.0. The molecular weight excluding hydrogens is 452 g/mol. The molecule has 35 heavy (non-hydrogen) atoms. The van der Waals surface area contributed by atoms with Gasteiger partial charge in [0.1, 0.15) is 23.5 Å². The molecule has 0 aliphatic rings. The minimum absolute atomic E-state index is 0.0426. The largest absolute Gasteiger partial charge is 0.326 e. The molecule has 0 unspecified atom stereocenters. The van der Waals surface area contributed by atoms with Gasteiger partial charge in [0.15, 0.2) is 11.6 Å². The van der Waals surface area contributed by atoms with Gasteiger partial charge in [-0.3, -0.25) is 9.78 Å². The lowest BCUT2D eigenvalue weighted by Crippen LogP contribution is -2.17. The highest BCUT2D eigenvalue weighted by Crippen LogP contribution is 2.29. The van der Waals surface area contributed by atoms with E-state index >= 15 is 0 Å². The summed E-state index contributed by atoms with van der Waals surface area (Å²) in [6, 6.07) is 14.7. The van der Waals surface area contributed by atoms with Crippen LogP contribution in [-0.2, 0) is 13.2 Å². The Morgan fingerprint density at radius 1 is 1.03 bits per heavy atom. The van der Waals surface area contributed by atoms with Gasteiger partial charge in [-0.2, -0.15) is 5.10 Å². The molecule has 0 fully saturated rings. The maximum Gasteiger partial charge on any atom is 0.259 e. The Kier molecular flexibility index (Phi) is 5.94. The molecule has 10 heteroatoms. The maximum atomic E-state index is 14.9. The zero-order chi connectivity index (χ0) is 24.4. The van der Waals surface area contributed by atoms with Crippen LogP contribution in [0, 0.1) is 5.82 Å². The van der Waals surface area contributed by atoms with Gasteiger partial charge in [0.05, 0.1) is 11.3 Å². The van der Waals surface area contributed by atoms with E-state index in [1.54, 1.807) is 18.3 Å². The van der Waals surface area contributed by atoms with Crippen molar-refractivity contribution in [2.75, 3.05) is 5.32 Å². The third kappa shape index (κ3) is 4.22. The number of carbonyl (C=O) groups excluding carboxylic acids is 1. The molecule has 174 valence electrons. The van der Waals surface area contributed by atoms with Crippen LogP contribution in [0.25, 0.3) is 28.1 Å². The summed E-state index contributed by atoms with van der Waals surface area (Å²) in [5.41, 5.74) is 8.07. The number of carbonyl (C=O) groups is 1. The second-order valence-electron chi connectivity index (χ2n) is 7.66. The number of benzene rings is 2. The maximum absolute atomic E-state index is 14.9. The zero-order valence-electron chi connectivity index (χ0n) is 18.3. The van der Waals surface area contributed by atoms with Crippen LogP contribution in [0.3, 0.4) is 0 Å². The number of nitrogens with zero attached hydrogens (tertiary/aromatic N) is 5. The van der Waals surface area contributed by atoms with E-state index in [1.165, 1.54) is 23.1 Å². The van der Waals surface area contributed by atoms with Crippen LogP contribution >= 0.6 is 0 Å². The van der Waals surface area contributed by atoms with Crippen molar-refractivity contribution in [3.8, 4) is 17.1 Å². The van der Waals surface area contributed by atoms with E-state index in [-0.39, 0.29) is 34.9 Å². The average molecular weight is 471 g/mol. The highest BCUT2D eigenvalue weighted by molar-refractivity contribution is 6.08. The van der Waals surface area contributed by atoms with Crippen molar-refractivity contribution in [3.05, 3.63) is 95.7 Å². The van der Waals surface area contributed by atoms with E-state index in [1.807, 2.05) is 30.3 Å². The van der Waals surface area contributed by atoms with Gasteiger partial charge in [0.25, 0.3) is 5.91 Å². The fourth-order valence-corrected chi connectivity index (χ4v) is 3.71. The SMILES string of the molecule is NCc1cnc2c(NC(=O)c3cc(-c4ncccn4)c(CF)cc3F)n(-c3ccccc3)nc2c1. The molecular formula is C25H19F2N7O. The minimum atomic E-state index is -0.939. The Morgan fingerprint density at radius 3 is 2.51 bits per heavy atom. The van der Waals surface area contributed by atoms with Crippen molar-refractivity contribution in [3.63, 3.8) is 0 Å². The summed E-state index contributed by atoms with van der Waals surface area (Å²) in [5.74, 6) is -1.19. The van der Waals surface area contributed by atoms with Gasteiger partial charge in [0.2, 0.25) is 0 Å². The Morgan fingerprint density at radius 2 is 1.80 bits per heavy atom. The molecule has 5 aromatic rings. The molecule has 0 aliphatic heterocycles. The number of rotatable bonds is 6. The first-order chi connectivity index (χ1) is 17.1. The fourth-order valence-electron chi connectivity index (χ4n) is 3.71. The molecule has 8 nitrogen and oxygen atoms in total. The van der Waals surface area contributed by atoms with E-state index in [0.717, 1.165) is 11.6 Å². The van der Waals surface area contributed by atoms with Crippen LogP contribution in [0.15, 0.2) is 73.2 Å². The van der Waals surface area contributed by atoms with Crippen molar-refractivity contribution in [1.29, 1.82) is 0 Å². The van der Waals surface area contributed by atoms with E-state index in [0.29, 0.717) is 16.7 Å². The van der Waals surface area contributed by atoms with E-state index in [4.69, 9.17) is 5.73 Å². The van der Waals surface area contributed by atoms with Gasteiger partial charge in [0, 0.05) is 30.7 Å². The Bertz CT molecular complexity index is 1520. The van der Waals surface area contributed by atoms with E-state index < -0.39 is 18.4 Å². The summed E-state index contributed by atoms with van der Waals surface area (Å²) in [6.45, 7) is -0.662. The quantitative estimate of drug-likeness (QED) is 0.384. The van der Waals surface area contributed by atoms with Crippen LogP contribution in [0.4, 0.5) is 14.6 Å². The number of hydrogen-bond acceptors (Lipinski definition) is 6. The monoisotopic (exact) mass is 471 g/mol. The molecule has 0 aliphatic carbocycles. The van der Waals surface area contributed by atoms with Crippen molar-refractivity contribution < 1.29 is 13.6 Å². The zero-order valence-corrected chi connectivity index (χ0v) is 18.3. The van der Waals surface area contributed by atoms with Gasteiger partial charge in [-0.25, -0.2) is 23.4 Å². The first-order valence-corrected chi connectivity index (χ1v) is 10.7. The van der Waals surface area contributed by atoms with Crippen LogP contribution < -0.4 is 11.1 Å². The lowest BCUT2D eigenvalue weighted by molar-refractivity contribution is 0.102. The smallest absolute Gasteiger partial charge is 0.259 e. The van der Waals surface area contributed by atoms with Gasteiger partial charge in [-0.1, -0.05) is 18.2 Å². The van der Waals surface area contributed by atoms with Crippen molar-refractivity contribution >= 4 is 22.8 Å². The van der Waals surface area contributed by atoms with E-state index in [2.05, 4.69) is 25.4 Å². The number of fused-ring (bicyclic) bond motifs is 1. The number of nitrogens with one attached hydrogen (secondary N) is 1. The molecule has 3 heterocycles. The van der Waals surface area contributed by atoms with Gasteiger partial charge < -0.3 is 11.1 Å². The summed E-state index contributed by atoms with van der Waals surface area (Å²) in [5, 5.41) is 7.31. The summed E-state index contributed by atoms with van der Waals surface area (Å²) in [7, 11) is 0. The molecule has 2 aromatic carbocycles. The molecule has 3 N–H and O–H groups in total. The highest BCUT2D eigenvalue weighted by Gasteiger charge is 2.22. The third-order valence-electron chi connectivity index (χ3n) is 5.42. The van der Waals surface area contributed by atoms with Crippen molar-refractivity contribution in [1.82, 2.24) is 24.7 Å². The molecule has 0 spiro atoms. The molecule has 0 bridgehead atoms. The number of alkyl halides is 1. The first-order valence-electron chi connectivity index (χ1n) is 10.7. The van der Waals surface area contributed by atoms with Crippen LogP contribution in [0.2, 0.25) is 0 Å². The predicted octanol–water partition coefficient (Wildman–Crippen LogP) is 4.20. The molecule has 5 rings (SSSR count). The fraction of sp³-hybridized carbons (Fsp3) is 0.0800. The van der Waals surface area contributed by atoms with Crippen LogP contribution in [0.5, 0.6) is 0 Å². The summed E-state index contributed by atoms with van der Waals surface area (Å²) >= 11 is 0. The predicted molar refractivity (Wildman–Crippen MR) is 127 cm³/mol. The Balaban J connectivity index is 1.61. The summed E-state index contributed by atoms with van der Waals surface area (Å²) < 4.78 is 30.1. The van der Waals surface area contributed by atoms with E-state index in [9.17, 15) is 13.6 Å². The number of pyridine rings is 1. The summed E-state index contributed by atoms with van der Waals surface area (Å²) in [6.07, 6.45) is 4.56. The first kappa shape index (κ1) is 22.2. The van der Waals surface area contributed by atoms with Crippen LogP contribution in [-0.4, -0.2) is 30.6 Å². The number of hydrogen-bond donors (Lipinski definition) is 2. The molecule has 0 radical (unpaired) electrons. The standard InChI is InChI=1S/C25H19F2N7O/c26-12-16-10-20(27)19(11-18(16)23-29-7-4-8-30-23)25(35)32-24-22-21(9-15(13-28)14-31-22)33-34(24)17-5-2-1-3-6-17/h1-11,14H,12-13,28H2,(H,32,35). The highest BCUT2D eigenvalue weighted by atomic mass is 19.1. The van der Waals surface area contributed by atoms with Gasteiger partial charge in [-0.05, 0) is 47.5 Å². The number of nitrogens with two attached hydrogens (primary N) is 1. The average Bonchev–Trinajstić information content (AvgIpc) is 3.26. The van der Waals surface area contributed by atoms with Gasteiger partial charge in [-0.15, -0.1) is 0 Å². The molecule has 0 saturated carbocycles.